The van der Waals surface area contributed by atoms with Gasteiger partial charge in [-0.05, 0) is 24.3 Å². The zero-order valence-electron chi connectivity index (χ0n) is 15.6. The summed E-state index contributed by atoms with van der Waals surface area (Å²) in [5.41, 5.74) is 0.803. The van der Waals surface area contributed by atoms with Gasteiger partial charge in [0.1, 0.15) is 13.2 Å². The van der Waals surface area contributed by atoms with Crippen LogP contribution in [0.5, 0.6) is 23.0 Å². The normalized spacial score (nSPS) is 17.1. The molecular formula is C20H15F2NO5S2. The number of ether oxygens (including phenoxy) is 4. The van der Waals surface area contributed by atoms with Gasteiger partial charge in [0.25, 0.3) is 5.91 Å². The minimum absolute atomic E-state index is 0.131. The second kappa shape index (κ2) is 8.49. The zero-order valence-corrected chi connectivity index (χ0v) is 17.2. The third-order valence-corrected chi connectivity index (χ3v) is 5.60. The Labute approximate surface area is 180 Å². The molecule has 0 bridgehead atoms. The Balaban J connectivity index is 1.67. The van der Waals surface area contributed by atoms with Gasteiger partial charge >= 0.3 is 6.61 Å². The first-order chi connectivity index (χ1) is 14.5. The molecule has 6 nitrogen and oxygen atoms in total. The number of nitrogens with zero attached hydrogens (tertiary/aromatic N) is 1. The van der Waals surface area contributed by atoms with Crippen molar-refractivity contribution in [1.29, 1.82) is 0 Å². The molecule has 2 aliphatic heterocycles. The second-order valence-electron chi connectivity index (χ2n) is 6.10. The lowest BCUT2D eigenvalue weighted by molar-refractivity contribution is -0.113. The standard InChI is InChI=1S/C20H15F2NO5S2/c1-25-14-4-2-3-11(17(14)28-19(21)22)9-16-18(24)23(20(29)30-16)12-5-6-13-15(10-12)27-8-7-26-13/h2-6,9-10,19H,7-8H2,1H3. The molecule has 0 atom stereocenters. The van der Waals surface area contributed by atoms with Crippen molar-refractivity contribution in [3.8, 4) is 23.0 Å². The van der Waals surface area contributed by atoms with Gasteiger partial charge in [-0.25, -0.2) is 0 Å². The Bertz CT molecular complexity index is 1040. The van der Waals surface area contributed by atoms with Gasteiger partial charge in [-0.3, -0.25) is 9.69 Å². The lowest BCUT2D eigenvalue weighted by Crippen LogP contribution is -2.27. The predicted octanol–water partition coefficient (Wildman–Crippen LogP) is 4.47. The highest BCUT2D eigenvalue weighted by atomic mass is 32.2. The maximum atomic E-state index is 13.0. The van der Waals surface area contributed by atoms with Gasteiger partial charge in [0.15, 0.2) is 27.3 Å². The number of hydrogen-bond donors (Lipinski definition) is 0. The summed E-state index contributed by atoms with van der Waals surface area (Å²) in [6.45, 7) is -2.17. The largest absolute Gasteiger partial charge is 0.493 e. The molecule has 10 heteroatoms. The zero-order chi connectivity index (χ0) is 21.3. The molecule has 1 fully saturated rings. The van der Waals surface area contributed by atoms with Crippen LogP contribution in [0.15, 0.2) is 41.3 Å². The summed E-state index contributed by atoms with van der Waals surface area (Å²) >= 11 is 6.44. The summed E-state index contributed by atoms with van der Waals surface area (Å²) in [4.78, 5) is 14.7. The third kappa shape index (κ3) is 3.92. The summed E-state index contributed by atoms with van der Waals surface area (Å²) in [5, 5.41) is 0. The number of rotatable bonds is 5. The number of carbonyl (C=O) groups excluding carboxylic acids is 1. The SMILES string of the molecule is COc1cccc(C=C2SC(=S)N(c3ccc4c(c3)OCCO4)C2=O)c1OC(F)F. The fourth-order valence-corrected chi connectivity index (χ4v) is 4.31. The molecule has 2 aromatic carbocycles. The van der Waals surface area contributed by atoms with Crippen molar-refractivity contribution in [1.82, 2.24) is 0 Å². The average molecular weight is 451 g/mol. The fourth-order valence-electron chi connectivity index (χ4n) is 3.03. The van der Waals surface area contributed by atoms with Gasteiger partial charge in [0.2, 0.25) is 0 Å². The van der Waals surface area contributed by atoms with Crippen LogP contribution < -0.4 is 23.8 Å². The van der Waals surface area contributed by atoms with Crippen LogP contribution in [0.1, 0.15) is 5.56 Å². The maximum Gasteiger partial charge on any atom is 0.387 e. The second-order valence-corrected chi connectivity index (χ2v) is 7.78. The summed E-state index contributed by atoms with van der Waals surface area (Å²) in [6.07, 6.45) is 1.46. The number of para-hydroxylation sites is 1. The van der Waals surface area contributed by atoms with Crippen LogP contribution in [0.4, 0.5) is 14.5 Å². The molecule has 2 aliphatic rings. The van der Waals surface area contributed by atoms with Crippen LogP contribution in [-0.4, -0.2) is 37.2 Å². The van der Waals surface area contributed by atoms with E-state index in [9.17, 15) is 13.6 Å². The number of benzene rings is 2. The van der Waals surface area contributed by atoms with E-state index in [0.29, 0.717) is 34.7 Å². The smallest absolute Gasteiger partial charge is 0.387 e. The summed E-state index contributed by atoms with van der Waals surface area (Å²) in [6, 6.07) is 9.76. The molecule has 0 radical (unpaired) electrons. The van der Waals surface area contributed by atoms with Crippen LogP contribution in [0.25, 0.3) is 6.08 Å². The van der Waals surface area contributed by atoms with Crippen molar-refractivity contribution in [3.05, 3.63) is 46.9 Å². The first-order valence-electron chi connectivity index (χ1n) is 8.77. The molecule has 4 rings (SSSR count). The van der Waals surface area contributed by atoms with E-state index >= 15 is 0 Å². The van der Waals surface area contributed by atoms with Crippen LogP contribution in [0.2, 0.25) is 0 Å². The van der Waals surface area contributed by atoms with Crippen molar-refractivity contribution >= 4 is 46.0 Å². The highest BCUT2D eigenvalue weighted by molar-refractivity contribution is 8.27. The Morgan fingerprint density at radius 3 is 2.70 bits per heavy atom. The fraction of sp³-hybridized carbons (Fsp3) is 0.200. The topological polar surface area (TPSA) is 57.2 Å². The number of alkyl halides is 2. The van der Waals surface area contributed by atoms with Gasteiger partial charge in [0.05, 0.1) is 17.7 Å². The molecule has 2 heterocycles. The molecule has 0 aliphatic carbocycles. The summed E-state index contributed by atoms with van der Waals surface area (Å²) in [5.74, 6) is 0.715. The van der Waals surface area contributed by atoms with E-state index < -0.39 is 6.61 Å². The Kier molecular flexibility index (Phi) is 5.78. The van der Waals surface area contributed by atoms with Gasteiger partial charge < -0.3 is 18.9 Å². The van der Waals surface area contributed by atoms with E-state index in [1.54, 1.807) is 30.3 Å². The van der Waals surface area contributed by atoms with Crippen molar-refractivity contribution in [2.75, 3.05) is 25.2 Å². The van der Waals surface area contributed by atoms with Gasteiger partial charge in [-0.1, -0.05) is 36.1 Å². The van der Waals surface area contributed by atoms with E-state index in [2.05, 4.69) is 4.74 Å². The van der Waals surface area contributed by atoms with E-state index in [-0.39, 0.29) is 27.9 Å². The van der Waals surface area contributed by atoms with Crippen LogP contribution in [0.3, 0.4) is 0 Å². The Hall–Kier alpha value is -2.85. The average Bonchev–Trinajstić information content (AvgIpc) is 3.01. The Morgan fingerprint density at radius 1 is 1.20 bits per heavy atom. The molecule has 0 saturated carbocycles. The van der Waals surface area contributed by atoms with E-state index in [1.165, 1.54) is 24.2 Å². The number of carbonyl (C=O) groups is 1. The van der Waals surface area contributed by atoms with E-state index in [1.807, 2.05) is 0 Å². The van der Waals surface area contributed by atoms with Gasteiger partial charge in [0, 0.05) is 11.6 Å². The molecule has 0 N–H and O–H groups in total. The third-order valence-electron chi connectivity index (χ3n) is 4.30. The van der Waals surface area contributed by atoms with Crippen LogP contribution in [-0.2, 0) is 4.79 Å². The number of anilines is 1. The molecule has 0 aromatic heterocycles. The monoisotopic (exact) mass is 451 g/mol. The minimum Gasteiger partial charge on any atom is -0.493 e. The van der Waals surface area contributed by atoms with Crippen molar-refractivity contribution in [3.63, 3.8) is 0 Å². The van der Waals surface area contributed by atoms with Crippen molar-refractivity contribution in [2.24, 2.45) is 0 Å². The molecule has 2 aromatic rings. The van der Waals surface area contributed by atoms with Gasteiger partial charge in [-0.2, -0.15) is 8.78 Å². The highest BCUT2D eigenvalue weighted by Crippen LogP contribution is 2.42. The number of hydrogen-bond acceptors (Lipinski definition) is 7. The highest BCUT2D eigenvalue weighted by Gasteiger charge is 2.34. The van der Waals surface area contributed by atoms with Gasteiger partial charge in [-0.15, -0.1) is 0 Å². The van der Waals surface area contributed by atoms with Crippen LogP contribution in [0, 0.1) is 0 Å². The van der Waals surface area contributed by atoms with E-state index in [4.69, 9.17) is 26.4 Å². The number of methoxy groups -OCH3 is 1. The first-order valence-corrected chi connectivity index (χ1v) is 10.00. The first kappa shape index (κ1) is 20.4. The van der Waals surface area contributed by atoms with Crippen LogP contribution >= 0.6 is 24.0 Å². The number of fused-ring (bicyclic) bond motifs is 1. The molecule has 1 amide bonds. The molecule has 0 unspecified atom stereocenters. The minimum atomic E-state index is -3.04. The Morgan fingerprint density at radius 2 is 1.97 bits per heavy atom. The molecular weight excluding hydrogens is 436 g/mol. The molecule has 156 valence electrons. The number of halogens is 2. The quantitative estimate of drug-likeness (QED) is 0.491. The molecule has 1 saturated heterocycles. The number of amides is 1. The van der Waals surface area contributed by atoms with Crippen molar-refractivity contribution in [2.45, 2.75) is 6.61 Å². The lowest BCUT2D eigenvalue weighted by atomic mass is 10.1. The van der Waals surface area contributed by atoms with Crippen molar-refractivity contribution < 1.29 is 32.5 Å². The predicted molar refractivity (Wildman–Crippen MR) is 113 cm³/mol. The van der Waals surface area contributed by atoms with E-state index in [0.717, 1.165) is 11.8 Å². The molecule has 0 spiro atoms. The molecule has 30 heavy (non-hydrogen) atoms. The summed E-state index contributed by atoms with van der Waals surface area (Å²) < 4.78 is 46.8. The number of thioether (sulfide) groups is 1. The lowest BCUT2D eigenvalue weighted by Gasteiger charge is -2.21. The maximum absolute atomic E-state index is 13.0. The summed E-state index contributed by atoms with van der Waals surface area (Å²) in [7, 11) is 1.35. The number of thiocarbonyl (C=S) groups is 1.